The molecule has 0 aliphatic carbocycles. The van der Waals surface area contributed by atoms with Crippen molar-refractivity contribution >= 4 is 12.2 Å². The highest BCUT2D eigenvalue weighted by Gasteiger charge is 1.92. The molecule has 0 aliphatic heterocycles. The molecule has 0 aromatic carbocycles. The van der Waals surface area contributed by atoms with Crippen LogP contribution in [0.4, 0.5) is 4.79 Å². The van der Waals surface area contributed by atoms with Crippen molar-refractivity contribution in [3.8, 4) is 0 Å². The molecule has 0 bridgehead atoms. The van der Waals surface area contributed by atoms with Gasteiger partial charge in [0.1, 0.15) is 0 Å². The van der Waals surface area contributed by atoms with Crippen molar-refractivity contribution in [2.75, 3.05) is 75.0 Å². The molecule has 0 saturated carbocycles. The molecular weight excluding hydrogens is 314 g/mol. The van der Waals surface area contributed by atoms with E-state index in [1.807, 2.05) is 33.1 Å². The van der Waals surface area contributed by atoms with Gasteiger partial charge in [-0.05, 0) is 55.3 Å². The van der Waals surface area contributed by atoms with Crippen LogP contribution in [0.15, 0.2) is 0 Å². The highest BCUT2D eigenvalue weighted by molar-refractivity contribution is 5.64. The number of rotatable bonds is 7. The van der Waals surface area contributed by atoms with Gasteiger partial charge in [0.25, 0.3) is 0 Å². The van der Waals surface area contributed by atoms with Gasteiger partial charge in [-0.3, -0.25) is 0 Å². The van der Waals surface area contributed by atoms with Crippen LogP contribution in [0.5, 0.6) is 0 Å². The molecule has 0 spiro atoms. The molecular formula is C15H37N5O4. The minimum Gasteiger partial charge on any atom is -0.465 e. The van der Waals surface area contributed by atoms with Gasteiger partial charge in [-0.1, -0.05) is 6.92 Å². The predicted molar refractivity (Wildman–Crippen MR) is 96.0 cm³/mol. The lowest BCUT2D eigenvalue weighted by Crippen LogP contribution is -2.29. The van der Waals surface area contributed by atoms with Gasteiger partial charge in [-0.2, -0.15) is 9.59 Å². The lowest BCUT2D eigenvalue weighted by atomic mass is 10.5. The van der Waals surface area contributed by atoms with Crippen molar-refractivity contribution in [3.63, 3.8) is 0 Å². The number of nitrogens with two attached hydrogens (primary N) is 1. The Balaban J connectivity index is -0.000000118. The molecule has 1 amide bonds. The molecule has 0 aromatic heterocycles. The zero-order chi connectivity index (χ0) is 20.0. The van der Waals surface area contributed by atoms with Crippen molar-refractivity contribution in [3.05, 3.63) is 0 Å². The summed E-state index contributed by atoms with van der Waals surface area (Å²) in [6, 6.07) is 0. The number of likely N-dealkylation sites (N-methyl/N-ethyl adjacent to an activating group) is 2. The molecule has 0 radical (unpaired) electrons. The van der Waals surface area contributed by atoms with E-state index in [1.165, 1.54) is 13.0 Å². The van der Waals surface area contributed by atoms with E-state index in [1.54, 1.807) is 0 Å². The standard InChI is InChI=1S/C5H12N2O2.C5H13N.C4H12N2.CO2/c1-7(2)4-3-6-5(8)9;1-4-5-6(2)3;1-6(2)4-3-5;2-1-3/h6H,3-4H2,1-2H3,(H,8,9);4-5H2,1-3H3;3-5H2,1-2H3;. The number of nitrogens with one attached hydrogen (secondary N) is 1. The fourth-order valence-electron chi connectivity index (χ4n) is 1.09. The number of carbonyl (C=O) groups is 1. The molecule has 0 saturated heterocycles. The Morgan fingerprint density at radius 1 is 0.958 bits per heavy atom. The largest absolute Gasteiger partial charge is 0.465 e. The average molecular weight is 351 g/mol. The van der Waals surface area contributed by atoms with Crippen LogP contribution in [0.25, 0.3) is 0 Å². The van der Waals surface area contributed by atoms with Crippen molar-refractivity contribution in [1.29, 1.82) is 0 Å². The first-order valence-corrected chi connectivity index (χ1v) is 7.69. The SMILES string of the molecule is CCCN(C)C.CN(C)CCN.CN(C)CCNC(=O)O.O=C=O. The molecule has 0 heterocycles. The van der Waals surface area contributed by atoms with Crippen LogP contribution < -0.4 is 11.1 Å². The van der Waals surface area contributed by atoms with Crippen molar-refractivity contribution < 1.29 is 19.5 Å². The molecule has 0 rings (SSSR count). The molecule has 0 unspecified atom stereocenters. The van der Waals surface area contributed by atoms with E-state index >= 15 is 0 Å². The van der Waals surface area contributed by atoms with Crippen molar-refractivity contribution in [1.82, 2.24) is 20.0 Å². The minimum absolute atomic E-state index is 0.250. The number of hydrogen-bond donors (Lipinski definition) is 3. The van der Waals surface area contributed by atoms with E-state index < -0.39 is 6.09 Å². The van der Waals surface area contributed by atoms with Crippen molar-refractivity contribution in [2.24, 2.45) is 5.73 Å². The Morgan fingerprint density at radius 3 is 1.46 bits per heavy atom. The number of amides is 1. The lowest BCUT2D eigenvalue weighted by Gasteiger charge is -2.07. The fourth-order valence-corrected chi connectivity index (χ4v) is 1.09. The molecule has 0 aliphatic rings. The van der Waals surface area contributed by atoms with E-state index in [0.29, 0.717) is 6.54 Å². The zero-order valence-corrected chi connectivity index (χ0v) is 16.3. The van der Waals surface area contributed by atoms with E-state index in [0.717, 1.165) is 19.6 Å². The van der Waals surface area contributed by atoms with Crippen LogP contribution >= 0.6 is 0 Å². The Hall–Kier alpha value is -1.51. The number of hydrogen-bond acceptors (Lipinski definition) is 7. The first kappa shape index (κ1) is 30.4. The maximum absolute atomic E-state index is 9.85. The topological polar surface area (TPSA) is 119 Å². The summed E-state index contributed by atoms with van der Waals surface area (Å²) in [6.07, 6.45) is 0.546. The smallest absolute Gasteiger partial charge is 0.404 e. The van der Waals surface area contributed by atoms with E-state index in [2.05, 4.69) is 36.1 Å². The number of carbonyl (C=O) groups excluding carboxylic acids is 2. The molecule has 0 atom stereocenters. The molecule has 0 aromatic rings. The molecule has 9 heteroatoms. The monoisotopic (exact) mass is 351 g/mol. The highest BCUT2D eigenvalue weighted by atomic mass is 16.4. The zero-order valence-electron chi connectivity index (χ0n) is 16.3. The normalized spacial score (nSPS) is 8.96. The molecule has 146 valence electrons. The summed E-state index contributed by atoms with van der Waals surface area (Å²) in [5, 5.41) is 10.3. The quantitative estimate of drug-likeness (QED) is 0.572. The Bertz CT molecular complexity index is 271. The second-order valence-electron chi connectivity index (χ2n) is 5.51. The van der Waals surface area contributed by atoms with E-state index in [-0.39, 0.29) is 6.15 Å². The fraction of sp³-hybridized carbons (Fsp3) is 0.867. The summed E-state index contributed by atoms with van der Waals surface area (Å²) < 4.78 is 0. The summed E-state index contributed by atoms with van der Waals surface area (Å²) in [4.78, 5) is 32.2. The third-order valence-corrected chi connectivity index (χ3v) is 2.08. The minimum atomic E-state index is -0.961. The molecule has 24 heavy (non-hydrogen) atoms. The predicted octanol–water partition coefficient (Wildman–Crippen LogP) is -0.303. The summed E-state index contributed by atoms with van der Waals surface area (Å²) in [5.41, 5.74) is 5.19. The maximum Gasteiger partial charge on any atom is 0.404 e. The van der Waals surface area contributed by atoms with Gasteiger partial charge in [0.05, 0.1) is 0 Å². The maximum atomic E-state index is 9.85. The number of nitrogens with zero attached hydrogens (tertiary/aromatic N) is 3. The summed E-state index contributed by atoms with van der Waals surface area (Å²) >= 11 is 0. The summed E-state index contributed by atoms with van der Waals surface area (Å²) in [5.74, 6) is 0. The lowest BCUT2D eigenvalue weighted by molar-refractivity contribution is -0.191. The highest BCUT2D eigenvalue weighted by Crippen LogP contribution is 1.76. The third-order valence-electron chi connectivity index (χ3n) is 2.08. The van der Waals surface area contributed by atoms with Gasteiger partial charge in [-0.25, -0.2) is 4.79 Å². The average Bonchev–Trinajstić information content (AvgIpc) is 2.39. The van der Waals surface area contributed by atoms with Crippen molar-refractivity contribution in [2.45, 2.75) is 13.3 Å². The van der Waals surface area contributed by atoms with Gasteiger partial charge in [0.15, 0.2) is 0 Å². The Morgan fingerprint density at radius 2 is 1.33 bits per heavy atom. The van der Waals surface area contributed by atoms with Crippen LogP contribution in [0, 0.1) is 0 Å². The molecule has 4 N–H and O–H groups in total. The molecule has 0 fully saturated rings. The van der Waals surface area contributed by atoms with Crippen LogP contribution in [0.1, 0.15) is 13.3 Å². The van der Waals surface area contributed by atoms with Gasteiger partial charge < -0.3 is 30.9 Å². The van der Waals surface area contributed by atoms with E-state index in [4.69, 9.17) is 20.4 Å². The second kappa shape index (κ2) is 26.4. The van der Waals surface area contributed by atoms with E-state index in [9.17, 15) is 4.79 Å². The Kier molecular flexibility index (Phi) is 33.4. The third kappa shape index (κ3) is 70.7. The van der Waals surface area contributed by atoms with Gasteiger partial charge in [0, 0.05) is 26.2 Å². The second-order valence-corrected chi connectivity index (χ2v) is 5.51. The first-order chi connectivity index (χ1) is 11.1. The van der Waals surface area contributed by atoms with Gasteiger partial charge in [0.2, 0.25) is 0 Å². The first-order valence-electron chi connectivity index (χ1n) is 7.69. The van der Waals surface area contributed by atoms with Gasteiger partial charge >= 0.3 is 12.2 Å². The Labute approximate surface area is 146 Å². The van der Waals surface area contributed by atoms with Crippen LogP contribution in [-0.4, -0.2) is 107 Å². The van der Waals surface area contributed by atoms with Crippen LogP contribution in [-0.2, 0) is 9.59 Å². The van der Waals surface area contributed by atoms with Crippen LogP contribution in [0.3, 0.4) is 0 Å². The van der Waals surface area contributed by atoms with Crippen LogP contribution in [0.2, 0.25) is 0 Å². The molecule has 9 nitrogen and oxygen atoms in total. The number of carboxylic acid groups (broad SMARTS) is 1. The summed E-state index contributed by atoms with van der Waals surface area (Å²) in [6.45, 7) is 6.36. The van der Waals surface area contributed by atoms with Gasteiger partial charge in [-0.15, -0.1) is 0 Å². The summed E-state index contributed by atoms with van der Waals surface area (Å²) in [7, 11) is 12.0.